The first kappa shape index (κ1) is 22.6. The van der Waals surface area contributed by atoms with Gasteiger partial charge in [0.2, 0.25) is 11.8 Å². The van der Waals surface area contributed by atoms with Gasteiger partial charge in [-0.2, -0.15) is 0 Å². The predicted molar refractivity (Wildman–Crippen MR) is 115 cm³/mol. The summed E-state index contributed by atoms with van der Waals surface area (Å²) in [6.07, 6.45) is 1.47. The zero-order chi connectivity index (χ0) is 22.2. The quantitative estimate of drug-likeness (QED) is 0.664. The molecule has 2 aromatic carbocycles. The molecule has 1 aliphatic rings. The first-order valence-electron chi connectivity index (χ1n) is 10.7. The van der Waals surface area contributed by atoms with E-state index in [1.54, 1.807) is 25.1 Å². The highest BCUT2D eigenvalue weighted by Gasteiger charge is 2.26. The van der Waals surface area contributed by atoms with Crippen molar-refractivity contribution in [3.05, 3.63) is 59.4 Å². The molecule has 1 unspecified atom stereocenters. The second-order valence-corrected chi connectivity index (χ2v) is 7.56. The van der Waals surface area contributed by atoms with Crippen LogP contribution in [-0.2, 0) is 22.6 Å². The summed E-state index contributed by atoms with van der Waals surface area (Å²) in [5.74, 6) is 0.520. The van der Waals surface area contributed by atoms with Gasteiger partial charge in [-0.05, 0) is 43.5 Å². The molecule has 1 aliphatic heterocycles. The molecule has 0 aliphatic carbocycles. The van der Waals surface area contributed by atoms with E-state index in [1.807, 2.05) is 25.1 Å². The van der Waals surface area contributed by atoms with E-state index in [4.69, 9.17) is 9.47 Å². The predicted octanol–water partition coefficient (Wildman–Crippen LogP) is 3.47. The molecule has 0 radical (unpaired) electrons. The lowest BCUT2D eigenvalue weighted by atomic mass is 10.1. The number of fused-ring (bicyclic) bond motifs is 1. The summed E-state index contributed by atoms with van der Waals surface area (Å²) in [5, 5.41) is 2.82. The third-order valence-corrected chi connectivity index (χ3v) is 5.25. The van der Waals surface area contributed by atoms with Crippen LogP contribution in [0.3, 0.4) is 0 Å². The summed E-state index contributed by atoms with van der Waals surface area (Å²) in [6, 6.07) is 11.2. The Balaban J connectivity index is 1.71. The fourth-order valence-corrected chi connectivity index (χ4v) is 3.43. The van der Waals surface area contributed by atoms with Gasteiger partial charge in [-0.1, -0.05) is 31.2 Å². The molecule has 7 heteroatoms. The molecule has 6 nitrogen and oxygen atoms in total. The molecule has 1 atom stereocenters. The maximum Gasteiger partial charge on any atom is 0.242 e. The number of amides is 2. The van der Waals surface area contributed by atoms with Crippen LogP contribution in [0.15, 0.2) is 42.5 Å². The first-order valence-corrected chi connectivity index (χ1v) is 10.7. The monoisotopic (exact) mass is 428 g/mol. The van der Waals surface area contributed by atoms with Crippen molar-refractivity contribution < 1.29 is 23.5 Å². The van der Waals surface area contributed by atoms with Crippen LogP contribution in [-0.4, -0.2) is 42.5 Å². The third-order valence-electron chi connectivity index (χ3n) is 5.25. The molecule has 0 aromatic heterocycles. The highest BCUT2D eigenvalue weighted by atomic mass is 19.1. The van der Waals surface area contributed by atoms with E-state index in [9.17, 15) is 14.0 Å². The van der Waals surface area contributed by atoms with Crippen molar-refractivity contribution >= 4 is 11.8 Å². The summed E-state index contributed by atoms with van der Waals surface area (Å²) < 4.78 is 25.4. The molecule has 1 N–H and O–H groups in total. The van der Waals surface area contributed by atoms with Crippen LogP contribution in [0.25, 0.3) is 0 Å². The number of halogens is 1. The number of benzene rings is 2. The largest absolute Gasteiger partial charge is 0.486 e. The van der Waals surface area contributed by atoms with Crippen molar-refractivity contribution in [1.29, 1.82) is 0 Å². The van der Waals surface area contributed by atoms with Gasteiger partial charge >= 0.3 is 0 Å². The molecule has 0 saturated heterocycles. The van der Waals surface area contributed by atoms with Gasteiger partial charge in [0.05, 0.1) is 0 Å². The minimum atomic E-state index is -0.709. The molecule has 1 heterocycles. The van der Waals surface area contributed by atoms with Gasteiger partial charge in [0.1, 0.15) is 25.1 Å². The summed E-state index contributed by atoms with van der Waals surface area (Å²) in [7, 11) is 0. The van der Waals surface area contributed by atoms with Gasteiger partial charge in [0.15, 0.2) is 11.5 Å². The summed E-state index contributed by atoms with van der Waals surface area (Å²) >= 11 is 0. The molecule has 2 aromatic rings. The van der Waals surface area contributed by atoms with Crippen molar-refractivity contribution in [3.8, 4) is 11.5 Å². The van der Waals surface area contributed by atoms with E-state index in [1.165, 1.54) is 11.0 Å². The highest BCUT2D eigenvalue weighted by molar-refractivity contribution is 5.87. The molecule has 0 fully saturated rings. The van der Waals surface area contributed by atoms with Gasteiger partial charge in [0.25, 0.3) is 0 Å². The van der Waals surface area contributed by atoms with Crippen LogP contribution in [0, 0.1) is 5.82 Å². The van der Waals surface area contributed by atoms with E-state index in [2.05, 4.69) is 5.32 Å². The zero-order valence-corrected chi connectivity index (χ0v) is 18.0. The first-order chi connectivity index (χ1) is 15.0. The fraction of sp³-hybridized carbons (Fsp3) is 0.417. The number of ether oxygens (including phenoxy) is 2. The topological polar surface area (TPSA) is 67.9 Å². The molecule has 0 spiro atoms. The van der Waals surface area contributed by atoms with Crippen molar-refractivity contribution in [2.45, 2.75) is 45.7 Å². The molecule has 2 amide bonds. The Labute approximate surface area is 182 Å². The Kier molecular flexibility index (Phi) is 7.87. The smallest absolute Gasteiger partial charge is 0.242 e. The maximum atomic E-state index is 14.2. The molecule has 0 saturated carbocycles. The SMILES string of the molecule is CCCNC(=O)C(C)N(Cc1ccccc1F)C(=O)CCc1ccc2c(c1)OCCO2. The molecule has 166 valence electrons. The van der Waals surface area contributed by atoms with Crippen molar-refractivity contribution in [2.75, 3.05) is 19.8 Å². The molecule has 31 heavy (non-hydrogen) atoms. The van der Waals surface area contributed by atoms with Crippen LogP contribution in [0.5, 0.6) is 11.5 Å². The molecule has 3 rings (SSSR count). The van der Waals surface area contributed by atoms with Crippen molar-refractivity contribution in [1.82, 2.24) is 10.2 Å². The average Bonchev–Trinajstić information content (AvgIpc) is 2.79. The number of carbonyl (C=O) groups is 2. The Morgan fingerprint density at radius 1 is 1.13 bits per heavy atom. The number of hydrogen-bond donors (Lipinski definition) is 1. The number of aryl methyl sites for hydroxylation is 1. The van der Waals surface area contributed by atoms with Gasteiger partial charge in [-0.15, -0.1) is 0 Å². The Morgan fingerprint density at radius 2 is 1.87 bits per heavy atom. The van der Waals surface area contributed by atoms with E-state index in [0.29, 0.717) is 43.2 Å². The van der Waals surface area contributed by atoms with Crippen LogP contribution < -0.4 is 14.8 Å². The highest BCUT2D eigenvalue weighted by Crippen LogP contribution is 2.31. The van der Waals surface area contributed by atoms with Crippen molar-refractivity contribution in [3.63, 3.8) is 0 Å². The van der Waals surface area contributed by atoms with Gasteiger partial charge in [0, 0.05) is 25.1 Å². The summed E-state index contributed by atoms with van der Waals surface area (Å²) in [6.45, 7) is 5.22. The minimum absolute atomic E-state index is 0.0351. The van der Waals surface area contributed by atoms with E-state index >= 15 is 0 Å². The van der Waals surface area contributed by atoms with Crippen LogP contribution in [0.1, 0.15) is 37.8 Å². The Bertz CT molecular complexity index is 918. The van der Waals surface area contributed by atoms with Gasteiger partial charge < -0.3 is 19.7 Å². The summed E-state index contributed by atoms with van der Waals surface area (Å²) in [5.41, 5.74) is 1.32. The van der Waals surface area contributed by atoms with Gasteiger partial charge in [-0.25, -0.2) is 4.39 Å². The maximum absolute atomic E-state index is 14.2. The normalized spacial score (nSPS) is 13.4. The number of nitrogens with zero attached hydrogens (tertiary/aromatic N) is 1. The lowest BCUT2D eigenvalue weighted by Crippen LogP contribution is -2.47. The number of nitrogens with one attached hydrogen (secondary N) is 1. The fourth-order valence-electron chi connectivity index (χ4n) is 3.43. The Morgan fingerprint density at radius 3 is 2.61 bits per heavy atom. The molecule has 0 bridgehead atoms. The lowest BCUT2D eigenvalue weighted by molar-refractivity contribution is -0.140. The number of rotatable bonds is 9. The van der Waals surface area contributed by atoms with Crippen LogP contribution in [0.4, 0.5) is 4.39 Å². The summed E-state index contributed by atoms with van der Waals surface area (Å²) in [4.78, 5) is 27.1. The van der Waals surface area contributed by atoms with E-state index in [0.717, 1.165) is 12.0 Å². The lowest BCUT2D eigenvalue weighted by Gasteiger charge is -2.29. The Hall–Kier alpha value is -3.09. The third kappa shape index (κ3) is 5.96. The molecular formula is C24H29FN2O4. The van der Waals surface area contributed by atoms with E-state index in [-0.39, 0.29) is 24.8 Å². The van der Waals surface area contributed by atoms with E-state index < -0.39 is 11.9 Å². The average molecular weight is 429 g/mol. The van der Waals surface area contributed by atoms with Crippen molar-refractivity contribution in [2.24, 2.45) is 0 Å². The second-order valence-electron chi connectivity index (χ2n) is 7.56. The van der Waals surface area contributed by atoms with Crippen LogP contribution in [0.2, 0.25) is 0 Å². The zero-order valence-electron chi connectivity index (χ0n) is 18.0. The number of carbonyl (C=O) groups excluding carboxylic acids is 2. The molecular weight excluding hydrogens is 399 g/mol. The van der Waals surface area contributed by atoms with Crippen LogP contribution >= 0.6 is 0 Å². The number of hydrogen-bond acceptors (Lipinski definition) is 4. The second kappa shape index (κ2) is 10.8. The van der Waals surface area contributed by atoms with Gasteiger partial charge in [-0.3, -0.25) is 9.59 Å². The minimum Gasteiger partial charge on any atom is -0.486 e. The standard InChI is InChI=1S/C24H29FN2O4/c1-3-12-26-24(29)17(2)27(16-19-6-4-5-7-20(19)25)23(28)11-9-18-8-10-21-22(15-18)31-14-13-30-21/h4-8,10,15,17H,3,9,11-14,16H2,1-2H3,(H,26,29).